The first-order chi connectivity index (χ1) is 13.3. The van der Waals surface area contributed by atoms with E-state index in [0.29, 0.717) is 29.5 Å². The summed E-state index contributed by atoms with van der Waals surface area (Å²) >= 11 is 0. The van der Waals surface area contributed by atoms with E-state index < -0.39 is 0 Å². The van der Waals surface area contributed by atoms with Crippen LogP contribution in [0.15, 0.2) is 71.2 Å². The van der Waals surface area contributed by atoms with Gasteiger partial charge in [-0.2, -0.15) is 0 Å². The number of azo groups is 1. The number of nitrogens with zero attached hydrogens (tertiary/aromatic N) is 5. The molecule has 0 aliphatic carbocycles. The van der Waals surface area contributed by atoms with Gasteiger partial charge >= 0.3 is 5.97 Å². The Morgan fingerprint density at radius 3 is 2.89 bits per heavy atom. The van der Waals surface area contributed by atoms with Crippen LogP contribution in [0.4, 0.5) is 11.5 Å². The number of ether oxygens (including phenoxy) is 1. The minimum atomic E-state index is -0.343. The normalized spacial score (nSPS) is 11.4. The van der Waals surface area contributed by atoms with Gasteiger partial charge < -0.3 is 4.74 Å². The van der Waals surface area contributed by atoms with Crippen LogP contribution in [0.25, 0.3) is 16.6 Å². The number of imidazole rings is 1. The Hall–Kier alpha value is -3.61. The molecule has 1 aromatic carbocycles. The minimum absolute atomic E-state index is 0.0393. The van der Waals surface area contributed by atoms with Crippen molar-refractivity contribution in [2.75, 3.05) is 6.61 Å². The first-order valence-electron chi connectivity index (χ1n) is 8.63. The fourth-order valence-electron chi connectivity index (χ4n) is 2.87. The number of carbonyl (C=O) groups excluding carboxylic acids is 1. The quantitative estimate of drug-likeness (QED) is 0.390. The van der Waals surface area contributed by atoms with Crippen LogP contribution in [0.1, 0.15) is 12.6 Å². The van der Waals surface area contributed by atoms with Crippen molar-refractivity contribution in [3.63, 3.8) is 0 Å². The number of hydrogen-bond acceptors (Lipinski definition) is 6. The van der Waals surface area contributed by atoms with Gasteiger partial charge in [-0.1, -0.05) is 24.3 Å². The SMILES string of the molecule is CCOC(=O)Cc1nc2ccccn2c1N=Nc1cccc2cccnc12. The van der Waals surface area contributed by atoms with Gasteiger partial charge in [-0.3, -0.25) is 14.2 Å². The molecule has 134 valence electrons. The molecule has 0 saturated heterocycles. The maximum absolute atomic E-state index is 11.9. The fourth-order valence-corrected chi connectivity index (χ4v) is 2.87. The van der Waals surface area contributed by atoms with E-state index in [2.05, 4.69) is 20.2 Å². The summed E-state index contributed by atoms with van der Waals surface area (Å²) in [6.07, 6.45) is 3.60. The van der Waals surface area contributed by atoms with E-state index in [1.165, 1.54) is 0 Å². The molecule has 0 unspecified atom stereocenters. The van der Waals surface area contributed by atoms with E-state index in [1.807, 2.05) is 54.7 Å². The number of rotatable bonds is 5. The topological polar surface area (TPSA) is 81.2 Å². The molecule has 0 aliphatic rings. The number of para-hydroxylation sites is 1. The molecular formula is C20H17N5O2. The number of fused-ring (bicyclic) bond motifs is 2. The first kappa shape index (κ1) is 16.8. The average molecular weight is 359 g/mol. The van der Waals surface area contributed by atoms with Crippen LogP contribution in [-0.4, -0.2) is 26.9 Å². The number of carbonyl (C=O) groups is 1. The largest absolute Gasteiger partial charge is 0.466 e. The second-order valence-corrected chi connectivity index (χ2v) is 5.85. The first-order valence-corrected chi connectivity index (χ1v) is 8.63. The van der Waals surface area contributed by atoms with Gasteiger partial charge in [0.25, 0.3) is 0 Å². The Balaban J connectivity index is 1.78. The summed E-state index contributed by atoms with van der Waals surface area (Å²) in [6.45, 7) is 2.10. The van der Waals surface area contributed by atoms with Crippen LogP contribution < -0.4 is 0 Å². The standard InChI is InChI=1S/C20H17N5O2/c1-2-27-18(26)13-16-20(25-12-4-3-10-17(25)22-16)24-23-15-9-5-7-14-8-6-11-21-19(14)15/h3-12H,2,13H2,1H3. The summed E-state index contributed by atoms with van der Waals surface area (Å²) in [6, 6.07) is 15.2. The predicted molar refractivity (Wildman–Crippen MR) is 101 cm³/mol. The van der Waals surface area contributed by atoms with Gasteiger partial charge in [-0.05, 0) is 31.2 Å². The second-order valence-electron chi connectivity index (χ2n) is 5.85. The highest BCUT2D eigenvalue weighted by molar-refractivity contribution is 5.88. The molecule has 0 radical (unpaired) electrons. The van der Waals surface area contributed by atoms with Crippen molar-refractivity contribution >= 4 is 34.0 Å². The smallest absolute Gasteiger partial charge is 0.312 e. The lowest BCUT2D eigenvalue weighted by molar-refractivity contribution is -0.142. The molecule has 0 bridgehead atoms. The molecule has 27 heavy (non-hydrogen) atoms. The number of benzene rings is 1. The lowest BCUT2D eigenvalue weighted by Gasteiger charge is -2.01. The van der Waals surface area contributed by atoms with Crippen molar-refractivity contribution < 1.29 is 9.53 Å². The van der Waals surface area contributed by atoms with Crippen LogP contribution >= 0.6 is 0 Å². The zero-order valence-corrected chi connectivity index (χ0v) is 14.7. The summed E-state index contributed by atoms with van der Waals surface area (Å²) in [7, 11) is 0. The van der Waals surface area contributed by atoms with Crippen molar-refractivity contribution in [1.29, 1.82) is 0 Å². The molecule has 3 heterocycles. The van der Waals surface area contributed by atoms with Crippen molar-refractivity contribution in [3.05, 3.63) is 66.6 Å². The van der Waals surface area contributed by atoms with Crippen LogP contribution in [0.5, 0.6) is 0 Å². The molecule has 0 amide bonds. The number of aromatic nitrogens is 3. The van der Waals surface area contributed by atoms with E-state index in [9.17, 15) is 4.79 Å². The van der Waals surface area contributed by atoms with Crippen molar-refractivity contribution in [3.8, 4) is 0 Å². The van der Waals surface area contributed by atoms with Gasteiger partial charge in [-0.15, -0.1) is 10.2 Å². The Kier molecular flexibility index (Phi) is 4.57. The summed E-state index contributed by atoms with van der Waals surface area (Å²) in [5, 5.41) is 9.78. The molecular weight excluding hydrogens is 342 g/mol. The van der Waals surface area contributed by atoms with Crippen LogP contribution in [0, 0.1) is 0 Å². The Morgan fingerprint density at radius 2 is 2.00 bits per heavy atom. The molecule has 0 spiro atoms. The molecule has 0 saturated carbocycles. The molecule has 7 nitrogen and oxygen atoms in total. The molecule has 3 aromatic heterocycles. The molecule has 4 aromatic rings. The maximum Gasteiger partial charge on any atom is 0.312 e. The zero-order chi connectivity index (χ0) is 18.6. The van der Waals surface area contributed by atoms with E-state index in [0.717, 1.165) is 10.9 Å². The van der Waals surface area contributed by atoms with Gasteiger partial charge in [0.15, 0.2) is 5.82 Å². The number of pyridine rings is 2. The highest BCUT2D eigenvalue weighted by atomic mass is 16.5. The summed E-state index contributed by atoms with van der Waals surface area (Å²) in [5.41, 5.74) is 2.64. The third-order valence-corrected chi connectivity index (χ3v) is 4.06. The van der Waals surface area contributed by atoms with E-state index in [4.69, 9.17) is 4.74 Å². The number of esters is 1. The maximum atomic E-state index is 11.9. The monoisotopic (exact) mass is 359 g/mol. The van der Waals surface area contributed by atoms with E-state index in [-0.39, 0.29) is 12.4 Å². The summed E-state index contributed by atoms with van der Waals surface area (Å²) in [4.78, 5) is 20.8. The fraction of sp³-hybridized carbons (Fsp3) is 0.150. The summed E-state index contributed by atoms with van der Waals surface area (Å²) in [5.74, 6) is 0.163. The Labute approximate surface area is 155 Å². The lowest BCUT2D eigenvalue weighted by atomic mass is 10.2. The minimum Gasteiger partial charge on any atom is -0.466 e. The van der Waals surface area contributed by atoms with Crippen molar-refractivity contribution in [2.45, 2.75) is 13.3 Å². The van der Waals surface area contributed by atoms with E-state index >= 15 is 0 Å². The Bertz CT molecular complexity index is 1140. The average Bonchev–Trinajstić information content (AvgIpc) is 3.03. The van der Waals surface area contributed by atoms with Gasteiger partial charge in [0.1, 0.15) is 11.3 Å². The van der Waals surface area contributed by atoms with Crippen LogP contribution in [0.2, 0.25) is 0 Å². The number of hydrogen-bond donors (Lipinski definition) is 0. The summed E-state index contributed by atoms with van der Waals surface area (Å²) < 4.78 is 6.85. The third-order valence-electron chi connectivity index (χ3n) is 4.06. The lowest BCUT2D eigenvalue weighted by Crippen LogP contribution is -2.07. The molecule has 0 N–H and O–H groups in total. The highest BCUT2D eigenvalue weighted by Gasteiger charge is 2.16. The van der Waals surface area contributed by atoms with Gasteiger partial charge in [-0.25, -0.2) is 4.98 Å². The molecule has 0 aliphatic heterocycles. The molecule has 0 fully saturated rings. The van der Waals surface area contributed by atoms with Gasteiger partial charge in [0, 0.05) is 17.8 Å². The molecule has 4 rings (SSSR count). The highest BCUT2D eigenvalue weighted by Crippen LogP contribution is 2.28. The van der Waals surface area contributed by atoms with Crippen LogP contribution in [0.3, 0.4) is 0 Å². The van der Waals surface area contributed by atoms with Gasteiger partial charge in [0.2, 0.25) is 0 Å². The van der Waals surface area contributed by atoms with Crippen molar-refractivity contribution in [1.82, 2.24) is 14.4 Å². The third kappa shape index (κ3) is 3.39. The van der Waals surface area contributed by atoms with E-state index in [1.54, 1.807) is 17.5 Å². The zero-order valence-electron chi connectivity index (χ0n) is 14.7. The van der Waals surface area contributed by atoms with Crippen molar-refractivity contribution in [2.24, 2.45) is 10.2 Å². The predicted octanol–water partition coefficient (Wildman–Crippen LogP) is 4.40. The van der Waals surface area contributed by atoms with Crippen LogP contribution in [-0.2, 0) is 16.0 Å². The Morgan fingerprint density at radius 1 is 1.11 bits per heavy atom. The molecule has 0 atom stereocenters. The second kappa shape index (κ2) is 7.33. The van der Waals surface area contributed by atoms with Gasteiger partial charge in [0.05, 0.1) is 24.2 Å². The molecule has 7 heteroatoms.